The molecule has 0 bridgehead atoms. The van der Waals surface area contributed by atoms with E-state index < -0.39 is 0 Å². The fourth-order valence-corrected chi connectivity index (χ4v) is 3.26. The van der Waals surface area contributed by atoms with Crippen molar-refractivity contribution < 1.29 is 5.11 Å². The molecule has 14 heavy (non-hydrogen) atoms. The molecule has 2 rings (SSSR count). The third-order valence-corrected chi connectivity index (χ3v) is 4.54. The van der Waals surface area contributed by atoms with Gasteiger partial charge in [0.1, 0.15) is 9.96 Å². The van der Waals surface area contributed by atoms with Crippen LogP contribution in [-0.2, 0) is 6.42 Å². The third kappa shape index (κ3) is 1.51. The van der Waals surface area contributed by atoms with Crippen LogP contribution in [0.3, 0.4) is 0 Å². The lowest BCUT2D eigenvalue weighted by Crippen LogP contribution is -1.76. The van der Waals surface area contributed by atoms with Crippen molar-refractivity contribution >= 4 is 33.2 Å². The van der Waals surface area contributed by atoms with E-state index in [9.17, 15) is 5.11 Å². The molecular formula is C11H12OS2. The summed E-state index contributed by atoms with van der Waals surface area (Å²) >= 11 is 3.27. The molecule has 0 fully saturated rings. The fraction of sp³-hybridized carbons (Fsp3) is 0.273. The second-order valence-electron chi connectivity index (χ2n) is 3.13. The van der Waals surface area contributed by atoms with Gasteiger partial charge in [-0.3, -0.25) is 0 Å². The Hall–Kier alpha value is -0.670. The van der Waals surface area contributed by atoms with Gasteiger partial charge < -0.3 is 5.11 Å². The van der Waals surface area contributed by atoms with Crippen LogP contribution < -0.4 is 0 Å². The smallest absolute Gasteiger partial charge is 0.147 e. The average molecular weight is 224 g/mol. The second kappa shape index (κ2) is 3.83. The van der Waals surface area contributed by atoms with Crippen LogP contribution in [0.5, 0.6) is 5.75 Å². The molecule has 0 unspecified atom stereocenters. The summed E-state index contributed by atoms with van der Waals surface area (Å²) in [6.07, 6.45) is 3.04. The summed E-state index contributed by atoms with van der Waals surface area (Å²) in [5, 5.41) is 10.8. The number of aryl methyl sites for hydroxylation is 1. The Balaban J connectivity index is 2.66. The van der Waals surface area contributed by atoms with E-state index in [0.29, 0.717) is 5.75 Å². The van der Waals surface area contributed by atoms with Crippen LogP contribution in [0.25, 0.3) is 10.1 Å². The first kappa shape index (κ1) is 9.87. The average Bonchev–Trinajstić information content (AvgIpc) is 2.55. The molecule has 1 N–H and O–H groups in total. The summed E-state index contributed by atoms with van der Waals surface area (Å²) < 4.78 is 2.19. The summed E-state index contributed by atoms with van der Waals surface area (Å²) in [6, 6.07) is 6.26. The van der Waals surface area contributed by atoms with Crippen LogP contribution in [0.2, 0.25) is 0 Å². The number of hydrogen-bond donors (Lipinski definition) is 1. The molecule has 0 aliphatic heterocycles. The van der Waals surface area contributed by atoms with Gasteiger partial charge in [-0.05, 0) is 30.4 Å². The number of thiophene rings is 1. The Morgan fingerprint density at radius 2 is 2.21 bits per heavy atom. The third-order valence-electron chi connectivity index (χ3n) is 2.29. The summed E-state index contributed by atoms with van der Waals surface area (Å²) in [4.78, 5) is 0. The molecular weight excluding hydrogens is 212 g/mol. The summed E-state index contributed by atoms with van der Waals surface area (Å²) in [5.74, 6) is 0.445. The van der Waals surface area contributed by atoms with Crippen LogP contribution in [0, 0.1) is 0 Å². The van der Waals surface area contributed by atoms with Crippen molar-refractivity contribution in [3.8, 4) is 5.75 Å². The zero-order valence-electron chi connectivity index (χ0n) is 8.20. The van der Waals surface area contributed by atoms with Crippen molar-refractivity contribution in [2.45, 2.75) is 17.6 Å². The highest BCUT2D eigenvalue weighted by Crippen LogP contribution is 2.42. The quantitative estimate of drug-likeness (QED) is 0.781. The lowest BCUT2D eigenvalue weighted by molar-refractivity contribution is 0.473. The highest BCUT2D eigenvalue weighted by Gasteiger charge is 2.09. The van der Waals surface area contributed by atoms with Gasteiger partial charge in [0.2, 0.25) is 0 Å². The van der Waals surface area contributed by atoms with E-state index in [-0.39, 0.29) is 0 Å². The molecule has 0 spiro atoms. The largest absolute Gasteiger partial charge is 0.505 e. The number of rotatable bonds is 2. The van der Waals surface area contributed by atoms with Gasteiger partial charge >= 0.3 is 0 Å². The van der Waals surface area contributed by atoms with Gasteiger partial charge in [0, 0.05) is 10.1 Å². The minimum atomic E-state index is 0.445. The lowest BCUT2D eigenvalue weighted by Gasteiger charge is -1.95. The topological polar surface area (TPSA) is 20.2 Å². The van der Waals surface area contributed by atoms with Crippen LogP contribution in [0.4, 0.5) is 0 Å². The maximum atomic E-state index is 9.84. The number of hydrogen-bond acceptors (Lipinski definition) is 3. The monoisotopic (exact) mass is 224 g/mol. The van der Waals surface area contributed by atoms with E-state index in [1.165, 1.54) is 10.3 Å². The molecule has 0 radical (unpaired) electrons. The van der Waals surface area contributed by atoms with Crippen LogP contribution in [0.1, 0.15) is 12.5 Å². The number of thioether (sulfide) groups is 1. The van der Waals surface area contributed by atoms with E-state index in [1.807, 2.05) is 12.3 Å². The Morgan fingerprint density at radius 1 is 1.43 bits per heavy atom. The van der Waals surface area contributed by atoms with Crippen molar-refractivity contribution in [1.82, 2.24) is 0 Å². The van der Waals surface area contributed by atoms with E-state index in [1.54, 1.807) is 23.1 Å². The Kier molecular flexibility index (Phi) is 2.70. The molecule has 0 aliphatic rings. The van der Waals surface area contributed by atoms with Gasteiger partial charge in [0.15, 0.2) is 0 Å². The molecule has 0 saturated carbocycles. The summed E-state index contributed by atoms with van der Waals surface area (Å²) in [6.45, 7) is 2.14. The molecule has 1 aromatic carbocycles. The summed E-state index contributed by atoms with van der Waals surface area (Å²) in [5.41, 5.74) is 1.33. The highest BCUT2D eigenvalue weighted by molar-refractivity contribution is 8.00. The fourth-order valence-electron chi connectivity index (χ4n) is 1.46. The van der Waals surface area contributed by atoms with Crippen LogP contribution in [0.15, 0.2) is 22.4 Å². The normalized spacial score (nSPS) is 11.0. The first-order valence-corrected chi connectivity index (χ1v) is 6.58. The molecule has 74 valence electrons. The van der Waals surface area contributed by atoms with Gasteiger partial charge in [-0.2, -0.15) is 0 Å². The van der Waals surface area contributed by atoms with Gasteiger partial charge in [0.05, 0.1) is 0 Å². The van der Waals surface area contributed by atoms with Crippen molar-refractivity contribution in [2.75, 3.05) is 6.26 Å². The Morgan fingerprint density at radius 3 is 2.86 bits per heavy atom. The minimum absolute atomic E-state index is 0.445. The van der Waals surface area contributed by atoms with E-state index in [4.69, 9.17) is 0 Å². The zero-order chi connectivity index (χ0) is 10.1. The molecule has 0 saturated heterocycles. The van der Waals surface area contributed by atoms with Crippen molar-refractivity contribution in [3.63, 3.8) is 0 Å². The molecule has 0 atom stereocenters. The SMILES string of the molecule is CCc1ccc2c(O)c(SC)sc2c1. The maximum absolute atomic E-state index is 9.84. The lowest BCUT2D eigenvalue weighted by atomic mass is 10.1. The van der Waals surface area contributed by atoms with E-state index in [0.717, 1.165) is 16.0 Å². The molecule has 0 amide bonds. The van der Waals surface area contributed by atoms with E-state index >= 15 is 0 Å². The first-order chi connectivity index (χ1) is 6.76. The zero-order valence-corrected chi connectivity index (χ0v) is 9.84. The van der Waals surface area contributed by atoms with Crippen molar-refractivity contribution in [2.24, 2.45) is 0 Å². The van der Waals surface area contributed by atoms with Crippen LogP contribution >= 0.6 is 23.1 Å². The molecule has 1 nitrogen and oxygen atoms in total. The molecule has 3 heteroatoms. The van der Waals surface area contributed by atoms with E-state index in [2.05, 4.69) is 19.1 Å². The number of fused-ring (bicyclic) bond motifs is 1. The maximum Gasteiger partial charge on any atom is 0.147 e. The van der Waals surface area contributed by atoms with Crippen LogP contribution in [-0.4, -0.2) is 11.4 Å². The van der Waals surface area contributed by atoms with Gasteiger partial charge in [0.25, 0.3) is 0 Å². The standard InChI is InChI=1S/C11H12OS2/c1-3-7-4-5-8-9(6-7)14-11(13-2)10(8)12/h4-6,12H,3H2,1-2H3. The highest BCUT2D eigenvalue weighted by atomic mass is 32.2. The first-order valence-electron chi connectivity index (χ1n) is 4.54. The molecule has 1 heterocycles. The minimum Gasteiger partial charge on any atom is -0.505 e. The molecule has 2 aromatic rings. The molecule has 1 aromatic heterocycles. The predicted molar refractivity (Wildman–Crippen MR) is 64.6 cm³/mol. The van der Waals surface area contributed by atoms with Gasteiger partial charge in [-0.25, -0.2) is 0 Å². The Labute approximate surface area is 91.8 Å². The summed E-state index contributed by atoms with van der Waals surface area (Å²) in [7, 11) is 0. The van der Waals surface area contributed by atoms with Gasteiger partial charge in [-0.1, -0.05) is 13.0 Å². The second-order valence-corrected chi connectivity index (χ2v) is 5.25. The Bertz CT molecular complexity index is 460. The van der Waals surface area contributed by atoms with Crippen molar-refractivity contribution in [1.29, 1.82) is 0 Å². The molecule has 0 aliphatic carbocycles. The number of benzene rings is 1. The predicted octanol–water partition coefficient (Wildman–Crippen LogP) is 3.89. The van der Waals surface area contributed by atoms with Crippen molar-refractivity contribution in [3.05, 3.63) is 23.8 Å². The number of aromatic hydroxyl groups is 1. The van der Waals surface area contributed by atoms with Gasteiger partial charge in [-0.15, -0.1) is 23.1 Å².